The summed E-state index contributed by atoms with van der Waals surface area (Å²) in [6.07, 6.45) is 5.71. The molecule has 0 saturated carbocycles. The van der Waals surface area contributed by atoms with Crippen LogP contribution in [0.3, 0.4) is 0 Å². The van der Waals surface area contributed by atoms with Crippen LogP contribution in [0.25, 0.3) is 0 Å². The van der Waals surface area contributed by atoms with E-state index >= 15 is 0 Å². The van der Waals surface area contributed by atoms with Crippen molar-refractivity contribution in [3.05, 3.63) is 18.0 Å². The highest BCUT2D eigenvalue weighted by Crippen LogP contribution is 2.24. The van der Waals surface area contributed by atoms with Crippen molar-refractivity contribution >= 4 is 11.8 Å². The van der Waals surface area contributed by atoms with Gasteiger partial charge in [-0.25, -0.2) is 0 Å². The van der Waals surface area contributed by atoms with E-state index in [1.807, 2.05) is 11.9 Å². The summed E-state index contributed by atoms with van der Waals surface area (Å²) in [5.41, 5.74) is 0.515. The number of aromatic nitrogens is 2. The van der Waals surface area contributed by atoms with Crippen LogP contribution < -0.4 is 5.32 Å². The number of carbonyl (C=O) groups excluding carboxylic acids is 2. The predicted octanol–water partition coefficient (Wildman–Crippen LogP) is 0.499. The van der Waals surface area contributed by atoms with Crippen LogP contribution in [0, 0.1) is 5.92 Å². The van der Waals surface area contributed by atoms with Gasteiger partial charge < -0.3 is 15.0 Å². The first-order chi connectivity index (χ1) is 13.1. The van der Waals surface area contributed by atoms with Gasteiger partial charge in [-0.2, -0.15) is 5.10 Å². The Balaban J connectivity index is 1.47. The Morgan fingerprint density at radius 3 is 2.70 bits per heavy atom. The smallest absolute Gasteiger partial charge is 0.274 e. The number of rotatable bonds is 6. The summed E-state index contributed by atoms with van der Waals surface area (Å²) in [5, 5.41) is 7.18. The number of ether oxygens (including phenoxy) is 1. The molecule has 2 saturated heterocycles. The standard InChI is InChI=1S/C19H31N5O3/c1-22-10-7-17(21-22)19(26)23-11-5-16(6-12-23)24-9-3-4-15(14-24)18(25)20-8-13-27-2/h7,10,15-16H,3-6,8-9,11-14H2,1-2H3,(H,20,25)/t15-/m1/s1. The van der Waals surface area contributed by atoms with Crippen LogP contribution in [0.2, 0.25) is 0 Å². The predicted molar refractivity (Wildman–Crippen MR) is 101 cm³/mol. The third-order valence-electron chi connectivity index (χ3n) is 5.63. The molecule has 1 atom stereocenters. The first-order valence-corrected chi connectivity index (χ1v) is 9.88. The number of nitrogens with zero attached hydrogens (tertiary/aromatic N) is 4. The van der Waals surface area contributed by atoms with Crippen molar-refractivity contribution in [3.63, 3.8) is 0 Å². The molecular weight excluding hydrogens is 346 g/mol. The van der Waals surface area contributed by atoms with Gasteiger partial charge in [-0.05, 0) is 38.3 Å². The summed E-state index contributed by atoms with van der Waals surface area (Å²) in [7, 11) is 3.46. The Hall–Kier alpha value is -1.93. The van der Waals surface area contributed by atoms with Crippen molar-refractivity contribution in [1.29, 1.82) is 0 Å². The highest BCUT2D eigenvalue weighted by molar-refractivity contribution is 5.92. The van der Waals surface area contributed by atoms with E-state index in [0.29, 0.717) is 24.9 Å². The van der Waals surface area contributed by atoms with Crippen LogP contribution in [0.5, 0.6) is 0 Å². The largest absolute Gasteiger partial charge is 0.383 e. The fraction of sp³-hybridized carbons (Fsp3) is 0.737. The van der Waals surface area contributed by atoms with E-state index in [9.17, 15) is 9.59 Å². The van der Waals surface area contributed by atoms with Crippen molar-refractivity contribution in [3.8, 4) is 0 Å². The second kappa shape index (κ2) is 9.32. The molecule has 0 aromatic carbocycles. The number of carbonyl (C=O) groups is 2. The van der Waals surface area contributed by atoms with E-state index in [4.69, 9.17) is 4.74 Å². The molecule has 1 aromatic heterocycles. The number of hydrogen-bond donors (Lipinski definition) is 1. The molecule has 3 rings (SSSR count). The fourth-order valence-electron chi connectivity index (χ4n) is 4.10. The third-order valence-corrected chi connectivity index (χ3v) is 5.63. The summed E-state index contributed by atoms with van der Waals surface area (Å²) in [6, 6.07) is 2.22. The normalized spacial score (nSPS) is 22.0. The van der Waals surface area contributed by atoms with Gasteiger partial charge in [-0.15, -0.1) is 0 Å². The van der Waals surface area contributed by atoms with Gasteiger partial charge in [0.05, 0.1) is 12.5 Å². The Kier molecular flexibility index (Phi) is 6.84. The molecule has 150 valence electrons. The van der Waals surface area contributed by atoms with Gasteiger partial charge in [0, 0.05) is 52.6 Å². The molecule has 1 N–H and O–H groups in total. The zero-order valence-electron chi connectivity index (χ0n) is 16.4. The molecule has 8 nitrogen and oxygen atoms in total. The molecule has 3 heterocycles. The molecule has 8 heteroatoms. The van der Waals surface area contributed by atoms with E-state index in [2.05, 4.69) is 15.3 Å². The zero-order valence-corrected chi connectivity index (χ0v) is 16.4. The number of nitrogens with one attached hydrogen (secondary N) is 1. The van der Waals surface area contributed by atoms with E-state index in [0.717, 1.165) is 51.9 Å². The second-order valence-corrected chi connectivity index (χ2v) is 7.52. The van der Waals surface area contributed by atoms with E-state index < -0.39 is 0 Å². The topological polar surface area (TPSA) is 79.7 Å². The lowest BCUT2D eigenvalue weighted by Gasteiger charge is -2.41. The van der Waals surface area contributed by atoms with Gasteiger partial charge in [-0.1, -0.05) is 0 Å². The molecule has 2 aliphatic rings. The molecule has 0 unspecified atom stereocenters. The molecule has 2 aliphatic heterocycles. The highest BCUT2D eigenvalue weighted by atomic mass is 16.5. The lowest BCUT2D eigenvalue weighted by atomic mass is 9.93. The van der Waals surface area contributed by atoms with E-state index in [-0.39, 0.29) is 17.7 Å². The van der Waals surface area contributed by atoms with Crippen LogP contribution in [-0.4, -0.2) is 83.9 Å². The Morgan fingerprint density at radius 1 is 1.26 bits per heavy atom. The van der Waals surface area contributed by atoms with E-state index in [1.54, 1.807) is 24.1 Å². The zero-order chi connectivity index (χ0) is 19.2. The Labute approximate surface area is 160 Å². The fourth-order valence-corrected chi connectivity index (χ4v) is 4.10. The van der Waals surface area contributed by atoms with Crippen molar-refractivity contribution in [2.45, 2.75) is 31.7 Å². The van der Waals surface area contributed by atoms with Gasteiger partial charge >= 0.3 is 0 Å². The number of hydrogen-bond acceptors (Lipinski definition) is 5. The lowest BCUT2D eigenvalue weighted by Crippen LogP contribution is -2.51. The molecule has 1 aromatic rings. The van der Waals surface area contributed by atoms with Gasteiger partial charge in [0.15, 0.2) is 0 Å². The average Bonchev–Trinajstić information content (AvgIpc) is 3.14. The monoisotopic (exact) mass is 377 g/mol. The van der Waals surface area contributed by atoms with E-state index in [1.165, 1.54) is 0 Å². The van der Waals surface area contributed by atoms with Crippen molar-refractivity contribution in [1.82, 2.24) is 24.9 Å². The minimum absolute atomic E-state index is 0.0168. The molecule has 0 aliphatic carbocycles. The maximum absolute atomic E-state index is 12.5. The quantitative estimate of drug-likeness (QED) is 0.731. The SMILES string of the molecule is COCCNC(=O)[C@@H]1CCCN(C2CCN(C(=O)c3ccn(C)n3)CC2)C1. The van der Waals surface area contributed by atoms with Gasteiger partial charge in [0.1, 0.15) is 5.69 Å². The summed E-state index contributed by atoms with van der Waals surface area (Å²) in [6.45, 7) is 4.48. The number of aryl methyl sites for hydroxylation is 1. The van der Waals surface area contributed by atoms with Crippen molar-refractivity contribution in [2.24, 2.45) is 13.0 Å². The second-order valence-electron chi connectivity index (χ2n) is 7.52. The first-order valence-electron chi connectivity index (χ1n) is 9.88. The minimum Gasteiger partial charge on any atom is -0.383 e. The van der Waals surface area contributed by atoms with Gasteiger partial charge in [-0.3, -0.25) is 19.2 Å². The number of amides is 2. The summed E-state index contributed by atoms with van der Waals surface area (Å²) < 4.78 is 6.65. The summed E-state index contributed by atoms with van der Waals surface area (Å²) >= 11 is 0. The molecule has 27 heavy (non-hydrogen) atoms. The Bertz CT molecular complexity index is 639. The number of methoxy groups -OCH3 is 1. The lowest BCUT2D eigenvalue weighted by molar-refractivity contribution is -0.127. The average molecular weight is 377 g/mol. The van der Waals surface area contributed by atoms with Crippen LogP contribution in [0.4, 0.5) is 0 Å². The molecule has 0 radical (unpaired) electrons. The van der Waals surface area contributed by atoms with Crippen molar-refractivity contribution < 1.29 is 14.3 Å². The van der Waals surface area contributed by atoms with Gasteiger partial charge in [0.25, 0.3) is 5.91 Å². The maximum atomic E-state index is 12.5. The number of piperidine rings is 2. The minimum atomic E-state index is 0.0168. The molecule has 0 bridgehead atoms. The molecule has 2 amide bonds. The van der Waals surface area contributed by atoms with Crippen molar-refractivity contribution in [2.75, 3.05) is 46.4 Å². The highest BCUT2D eigenvalue weighted by Gasteiger charge is 2.32. The van der Waals surface area contributed by atoms with Crippen LogP contribution in [0.1, 0.15) is 36.2 Å². The maximum Gasteiger partial charge on any atom is 0.274 e. The molecule has 2 fully saturated rings. The third kappa shape index (κ3) is 5.07. The summed E-state index contributed by atoms with van der Waals surface area (Å²) in [4.78, 5) is 29.2. The van der Waals surface area contributed by atoms with Gasteiger partial charge in [0.2, 0.25) is 5.91 Å². The Morgan fingerprint density at radius 2 is 2.04 bits per heavy atom. The first kappa shape index (κ1) is 19.8. The van der Waals surface area contributed by atoms with Crippen LogP contribution >= 0.6 is 0 Å². The summed E-state index contributed by atoms with van der Waals surface area (Å²) in [5.74, 6) is 0.214. The van der Waals surface area contributed by atoms with Crippen LogP contribution in [-0.2, 0) is 16.6 Å². The molecule has 0 spiro atoms. The molecular formula is C19H31N5O3. The van der Waals surface area contributed by atoms with Crippen LogP contribution in [0.15, 0.2) is 12.3 Å². The number of likely N-dealkylation sites (tertiary alicyclic amines) is 2.